The smallest absolute Gasteiger partial charge is 0.497 e. The minimum Gasteiger partial charge on any atom is -0.497 e. The number of nitrogens with zero attached hydrogens (tertiary/aromatic N) is 1. The molecule has 0 atom stereocenters. The molecule has 1 heterocycles. The SMILES string of the molecule is COC(=O)CCc1cn(S(O)(O)c2cccc(OC(F)(F)F)c2)c2ccc(OC)cc12. The van der Waals surface area contributed by atoms with E-state index < -0.39 is 28.9 Å². The third-order valence-corrected chi connectivity index (χ3v) is 6.25. The number of halogens is 3. The second-order valence-corrected chi connectivity index (χ2v) is 8.38. The van der Waals surface area contributed by atoms with Crippen LogP contribution in [0.25, 0.3) is 10.9 Å². The molecule has 7 nitrogen and oxygen atoms in total. The van der Waals surface area contributed by atoms with Gasteiger partial charge in [0, 0.05) is 24.1 Å². The summed E-state index contributed by atoms with van der Waals surface area (Å²) < 4.78 is 74.6. The Morgan fingerprint density at radius 2 is 1.84 bits per heavy atom. The first-order chi connectivity index (χ1) is 14.5. The van der Waals surface area contributed by atoms with Gasteiger partial charge >= 0.3 is 12.3 Å². The molecule has 0 unspecified atom stereocenters. The highest BCUT2D eigenvalue weighted by molar-refractivity contribution is 8.23. The van der Waals surface area contributed by atoms with E-state index >= 15 is 0 Å². The number of aryl methyl sites for hydroxylation is 1. The quantitative estimate of drug-likeness (QED) is 0.471. The lowest BCUT2D eigenvalue weighted by Gasteiger charge is -2.34. The Morgan fingerprint density at radius 3 is 2.48 bits per heavy atom. The molecule has 0 fully saturated rings. The first kappa shape index (κ1) is 22.8. The number of hydrogen-bond acceptors (Lipinski definition) is 6. The fourth-order valence-electron chi connectivity index (χ4n) is 3.08. The van der Waals surface area contributed by atoms with Crippen LogP contribution in [0.5, 0.6) is 11.5 Å². The highest BCUT2D eigenvalue weighted by Gasteiger charge is 2.32. The zero-order chi connectivity index (χ0) is 22.8. The number of carbonyl (C=O) groups is 1. The van der Waals surface area contributed by atoms with Crippen molar-refractivity contribution in [3.8, 4) is 11.5 Å². The van der Waals surface area contributed by atoms with Gasteiger partial charge in [-0.1, -0.05) is 16.8 Å². The van der Waals surface area contributed by atoms with Crippen molar-refractivity contribution >= 4 is 27.6 Å². The van der Waals surface area contributed by atoms with Crippen molar-refractivity contribution in [1.29, 1.82) is 0 Å². The van der Waals surface area contributed by atoms with E-state index in [1.54, 1.807) is 18.2 Å². The third-order valence-electron chi connectivity index (χ3n) is 4.52. The molecule has 0 aliphatic carbocycles. The van der Waals surface area contributed by atoms with Crippen LogP contribution in [0, 0.1) is 0 Å². The number of esters is 1. The molecule has 168 valence electrons. The number of fused-ring (bicyclic) bond motifs is 1. The van der Waals surface area contributed by atoms with Crippen LogP contribution in [0.15, 0.2) is 53.6 Å². The minimum atomic E-state index is -4.92. The number of aromatic nitrogens is 1. The van der Waals surface area contributed by atoms with Crippen LogP contribution in [0.4, 0.5) is 13.2 Å². The summed E-state index contributed by atoms with van der Waals surface area (Å²) in [5.74, 6) is -0.497. The van der Waals surface area contributed by atoms with E-state index in [2.05, 4.69) is 9.47 Å². The third kappa shape index (κ3) is 5.06. The van der Waals surface area contributed by atoms with Crippen molar-refractivity contribution in [3.63, 3.8) is 0 Å². The molecule has 2 N–H and O–H groups in total. The summed E-state index contributed by atoms with van der Waals surface area (Å²) in [6.45, 7) is 0. The number of hydrogen-bond donors (Lipinski definition) is 2. The standard InChI is InChI=1S/C20H20F3NO6S/c1-28-14-7-8-18-17(11-14)13(6-9-19(25)29-2)12-24(18)31(26,27)16-5-3-4-15(10-16)30-20(21,22)23/h3-5,7-8,10-12,26-27H,6,9H2,1-2H3. The average molecular weight is 459 g/mol. The molecule has 1 aromatic heterocycles. The molecule has 0 spiro atoms. The first-order valence-electron chi connectivity index (χ1n) is 8.94. The molecule has 3 rings (SSSR count). The van der Waals surface area contributed by atoms with Crippen LogP contribution < -0.4 is 9.47 Å². The maximum absolute atomic E-state index is 12.6. The molecule has 0 aliphatic rings. The van der Waals surface area contributed by atoms with E-state index in [0.717, 1.165) is 12.1 Å². The molecule has 31 heavy (non-hydrogen) atoms. The Kier molecular flexibility index (Phi) is 6.39. The van der Waals surface area contributed by atoms with Crippen molar-refractivity contribution in [2.24, 2.45) is 0 Å². The van der Waals surface area contributed by atoms with Crippen LogP contribution in [-0.2, 0) is 16.0 Å². The van der Waals surface area contributed by atoms with Crippen LogP contribution in [0.3, 0.4) is 0 Å². The largest absolute Gasteiger partial charge is 0.573 e. The van der Waals surface area contributed by atoms with Crippen molar-refractivity contribution in [1.82, 2.24) is 3.97 Å². The second kappa shape index (κ2) is 8.69. The van der Waals surface area contributed by atoms with Gasteiger partial charge in [-0.15, -0.1) is 13.2 Å². The Bertz CT molecular complexity index is 1100. The fraction of sp³-hybridized carbons (Fsp3) is 0.250. The van der Waals surface area contributed by atoms with Gasteiger partial charge < -0.3 is 14.2 Å². The summed E-state index contributed by atoms with van der Waals surface area (Å²) in [4.78, 5) is 11.4. The van der Waals surface area contributed by atoms with E-state index in [1.807, 2.05) is 0 Å². The molecular weight excluding hydrogens is 439 g/mol. The van der Waals surface area contributed by atoms with Crippen molar-refractivity contribution in [2.45, 2.75) is 24.1 Å². The van der Waals surface area contributed by atoms with Gasteiger partial charge in [0.15, 0.2) is 0 Å². The van der Waals surface area contributed by atoms with Crippen LogP contribution >= 0.6 is 10.8 Å². The molecule has 0 saturated heterocycles. The predicted molar refractivity (Wildman–Crippen MR) is 108 cm³/mol. The summed E-state index contributed by atoms with van der Waals surface area (Å²) in [7, 11) is -1.03. The van der Waals surface area contributed by atoms with E-state index in [9.17, 15) is 27.1 Å². The lowest BCUT2D eigenvalue weighted by Crippen LogP contribution is -2.17. The normalized spacial score (nSPS) is 12.6. The van der Waals surface area contributed by atoms with Crippen LogP contribution in [0.2, 0.25) is 0 Å². The van der Waals surface area contributed by atoms with Gasteiger partial charge in [-0.25, -0.2) is 3.97 Å². The molecular formula is C20H20F3NO6S. The van der Waals surface area contributed by atoms with Gasteiger partial charge in [0.1, 0.15) is 11.5 Å². The predicted octanol–water partition coefficient (Wildman–Crippen LogP) is 5.23. The fourth-order valence-corrected chi connectivity index (χ4v) is 4.55. The summed E-state index contributed by atoms with van der Waals surface area (Å²) in [5.41, 5.74) is 1.02. The lowest BCUT2D eigenvalue weighted by atomic mass is 10.1. The number of benzene rings is 2. The molecule has 0 saturated carbocycles. The van der Waals surface area contributed by atoms with Crippen molar-refractivity contribution < 1.29 is 41.3 Å². The zero-order valence-corrected chi connectivity index (χ0v) is 17.4. The molecule has 2 aromatic carbocycles. The topological polar surface area (TPSA) is 90.2 Å². The average Bonchev–Trinajstić information content (AvgIpc) is 3.09. The Morgan fingerprint density at radius 1 is 1.10 bits per heavy atom. The van der Waals surface area contributed by atoms with Gasteiger partial charge in [0.2, 0.25) is 0 Å². The van der Waals surface area contributed by atoms with E-state index in [0.29, 0.717) is 22.2 Å². The van der Waals surface area contributed by atoms with Gasteiger partial charge in [0.05, 0.1) is 24.6 Å². The van der Waals surface area contributed by atoms with Gasteiger partial charge in [-0.2, -0.15) is 0 Å². The summed E-state index contributed by atoms with van der Waals surface area (Å²) in [5, 5.41) is 0.603. The number of methoxy groups -OCH3 is 2. The second-order valence-electron chi connectivity index (χ2n) is 6.48. The monoisotopic (exact) mass is 459 g/mol. The highest BCUT2D eigenvalue weighted by Crippen LogP contribution is 2.53. The Hall–Kier alpha value is -2.89. The molecule has 0 bridgehead atoms. The molecule has 0 radical (unpaired) electrons. The molecule has 0 aliphatic heterocycles. The molecule has 11 heteroatoms. The molecule has 3 aromatic rings. The number of alkyl halides is 3. The van der Waals surface area contributed by atoms with E-state index in [1.165, 1.54) is 36.5 Å². The summed E-state index contributed by atoms with van der Waals surface area (Å²) in [6, 6.07) is 9.40. The number of rotatable bonds is 7. The summed E-state index contributed by atoms with van der Waals surface area (Å²) in [6.07, 6.45) is -3.16. The van der Waals surface area contributed by atoms with Crippen LogP contribution in [-0.4, -0.2) is 39.6 Å². The van der Waals surface area contributed by atoms with Gasteiger partial charge in [-0.3, -0.25) is 13.9 Å². The zero-order valence-electron chi connectivity index (χ0n) is 16.5. The van der Waals surface area contributed by atoms with Gasteiger partial charge in [-0.05, 0) is 42.3 Å². The number of carbonyl (C=O) groups excluding carboxylic acids is 1. The Labute approximate surface area is 177 Å². The Balaban J connectivity index is 2.08. The highest BCUT2D eigenvalue weighted by atomic mass is 32.3. The lowest BCUT2D eigenvalue weighted by molar-refractivity contribution is -0.274. The summed E-state index contributed by atoms with van der Waals surface area (Å²) >= 11 is 0. The van der Waals surface area contributed by atoms with Crippen molar-refractivity contribution in [2.75, 3.05) is 14.2 Å². The van der Waals surface area contributed by atoms with Crippen LogP contribution in [0.1, 0.15) is 12.0 Å². The molecule has 0 amide bonds. The van der Waals surface area contributed by atoms with Crippen molar-refractivity contribution in [3.05, 3.63) is 54.2 Å². The van der Waals surface area contributed by atoms with E-state index in [-0.39, 0.29) is 17.7 Å². The maximum atomic E-state index is 12.6. The number of ether oxygens (including phenoxy) is 3. The van der Waals surface area contributed by atoms with E-state index in [4.69, 9.17) is 4.74 Å². The minimum absolute atomic E-state index is 0.0565. The van der Waals surface area contributed by atoms with Gasteiger partial charge in [0.25, 0.3) is 0 Å². The maximum Gasteiger partial charge on any atom is 0.573 e. The first-order valence-corrected chi connectivity index (χ1v) is 10.4.